The molecule has 1 aromatic rings. The Hall–Kier alpha value is -2.12. The van der Waals surface area contributed by atoms with E-state index in [0.717, 1.165) is 25.7 Å². The third-order valence-corrected chi connectivity index (χ3v) is 3.15. The Bertz CT molecular complexity index is 460. The van der Waals surface area contributed by atoms with Gasteiger partial charge in [0.15, 0.2) is 0 Å². The average molecular weight is 266 g/mol. The third kappa shape index (κ3) is 3.21. The Kier molecular flexibility index (Phi) is 3.98. The first-order valence-corrected chi connectivity index (χ1v) is 6.20. The van der Waals surface area contributed by atoms with Crippen LogP contribution in [0.4, 0.5) is 11.9 Å². The molecule has 8 heteroatoms. The van der Waals surface area contributed by atoms with Gasteiger partial charge in [-0.25, -0.2) is 0 Å². The molecular formula is C11H18N6O2. The van der Waals surface area contributed by atoms with Gasteiger partial charge in [-0.3, -0.25) is 4.79 Å². The maximum absolute atomic E-state index is 11.2. The Morgan fingerprint density at radius 2 is 2.05 bits per heavy atom. The lowest BCUT2D eigenvalue weighted by atomic mass is 10.2. The molecule has 0 aliphatic heterocycles. The molecule has 1 amide bonds. The fourth-order valence-electron chi connectivity index (χ4n) is 2.33. The lowest BCUT2D eigenvalue weighted by Gasteiger charge is -2.27. The van der Waals surface area contributed by atoms with E-state index < -0.39 is 5.91 Å². The number of amides is 1. The zero-order chi connectivity index (χ0) is 13.8. The van der Waals surface area contributed by atoms with E-state index in [1.807, 2.05) is 0 Å². The highest BCUT2D eigenvalue weighted by atomic mass is 16.5. The van der Waals surface area contributed by atoms with Gasteiger partial charge in [0.2, 0.25) is 17.8 Å². The molecule has 0 unspecified atom stereocenters. The highest BCUT2D eigenvalue weighted by molar-refractivity contribution is 5.79. The number of carbonyl (C=O) groups excluding carboxylic acids is 1. The van der Waals surface area contributed by atoms with Crippen LogP contribution in [0.3, 0.4) is 0 Å². The SMILES string of the molecule is COc1nc(N)nc(N(CC(N)=O)C2CCCC2)n1. The first-order valence-electron chi connectivity index (χ1n) is 6.20. The summed E-state index contributed by atoms with van der Waals surface area (Å²) in [7, 11) is 1.45. The van der Waals surface area contributed by atoms with Crippen LogP contribution < -0.4 is 21.1 Å². The van der Waals surface area contributed by atoms with Gasteiger partial charge in [0.25, 0.3) is 0 Å². The fourth-order valence-corrected chi connectivity index (χ4v) is 2.33. The molecule has 1 aliphatic rings. The smallest absolute Gasteiger partial charge is 0.322 e. The number of methoxy groups -OCH3 is 1. The molecule has 104 valence electrons. The van der Waals surface area contributed by atoms with Crippen molar-refractivity contribution in [1.82, 2.24) is 15.0 Å². The Morgan fingerprint density at radius 3 is 2.63 bits per heavy atom. The van der Waals surface area contributed by atoms with Gasteiger partial charge < -0.3 is 21.1 Å². The van der Waals surface area contributed by atoms with Gasteiger partial charge in [-0.1, -0.05) is 12.8 Å². The molecule has 4 N–H and O–H groups in total. The maximum atomic E-state index is 11.2. The molecule has 0 aromatic carbocycles. The minimum Gasteiger partial charge on any atom is -0.467 e. The number of nitrogens with zero attached hydrogens (tertiary/aromatic N) is 4. The van der Waals surface area contributed by atoms with Crippen molar-refractivity contribution in [3.05, 3.63) is 0 Å². The van der Waals surface area contributed by atoms with Crippen molar-refractivity contribution >= 4 is 17.8 Å². The topological polar surface area (TPSA) is 120 Å². The lowest BCUT2D eigenvalue weighted by molar-refractivity contribution is -0.116. The number of rotatable bonds is 5. The summed E-state index contributed by atoms with van der Waals surface area (Å²) in [5.41, 5.74) is 10.9. The van der Waals surface area contributed by atoms with Crippen molar-refractivity contribution in [2.24, 2.45) is 5.73 Å². The molecule has 8 nitrogen and oxygen atoms in total. The Morgan fingerprint density at radius 1 is 1.37 bits per heavy atom. The van der Waals surface area contributed by atoms with Crippen molar-refractivity contribution in [3.8, 4) is 6.01 Å². The van der Waals surface area contributed by atoms with Crippen LogP contribution in [0.15, 0.2) is 0 Å². The molecule has 1 aromatic heterocycles. The van der Waals surface area contributed by atoms with Gasteiger partial charge in [-0.2, -0.15) is 15.0 Å². The van der Waals surface area contributed by atoms with E-state index in [-0.39, 0.29) is 24.5 Å². The van der Waals surface area contributed by atoms with E-state index in [0.29, 0.717) is 5.95 Å². The molecule has 0 spiro atoms. The largest absolute Gasteiger partial charge is 0.467 e. The van der Waals surface area contributed by atoms with E-state index in [4.69, 9.17) is 16.2 Å². The second kappa shape index (κ2) is 5.68. The van der Waals surface area contributed by atoms with Gasteiger partial charge in [0.1, 0.15) is 0 Å². The molecule has 1 fully saturated rings. The van der Waals surface area contributed by atoms with Crippen LogP contribution in [-0.4, -0.2) is 40.6 Å². The van der Waals surface area contributed by atoms with Gasteiger partial charge in [0.05, 0.1) is 13.7 Å². The van der Waals surface area contributed by atoms with Crippen molar-refractivity contribution < 1.29 is 9.53 Å². The molecule has 2 rings (SSSR count). The van der Waals surface area contributed by atoms with E-state index in [1.165, 1.54) is 7.11 Å². The Labute approximate surface area is 111 Å². The number of ether oxygens (including phenoxy) is 1. The normalized spacial score (nSPS) is 15.4. The van der Waals surface area contributed by atoms with E-state index >= 15 is 0 Å². The number of nitrogens with two attached hydrogens (primary N) is 2. The number of anilines is 2. The summed E-state index contributed by atoms with van der Waals surface area (Å²) in [4.78, 5) is 25.1. The van der Waals surface area contributed by atoms with Crippen LogP contribution in [0.5, 0.6) is 6.01 Å². The lowest BCUT2D eigenvalue weighted by Crippen LogP contribution is -2.41. The van der Waals surface area contributed by atoms with Gasteiger partial charge in [0, 0.05) is 6.04 Å². The van der Waals surface area contributed by atoms with Crippen LogP contribution in [0.1, 0.15) is 25.7 Å². The second-order valence-corrected chi connectivity index (χ2v) is 4.51. The summed E-state index contributed by atoms with van der Waals surface area (Å²) in [6.07, 6.45) is 4.22. The monoisotopic (exact) mass is 266 g/mol. The average Bonchev–Trinajstić information content (AvgIpc) is 2.88. The van der Waals surface area contributed by atoms with E-state index in [1.54, 1.807) is 4.90 Å². The van der Waals surface area contributed by atoms with Gasteiger partial charge >= 0.3 is 6.01 Å². The van der Waals surface area contributed by atoms with Crippen molar-refractivity contribution in [3.63, 3.8) is 0 Å². The first-order chi connectivity index (χ1) is 9.10. The molecule has 19 heavy (non-hydrogen) atoms. The number of hydrogen-bond acceptors (Lipinski definition) is 7. The molecule has 0 radical (unpaired) electrons. The van der Waals surface area contributed by atoms with Gasteiger partial charge in [-0.05, 0) is 12.8 Å². The van der Waals surface area contributed by atoms with Crippen molar-refractivity contribution in [2.75, 3.05) is 24.3 Å². The highest BCUT2D eigenvalue weighted by Gasteiger charge is 2.26. The summed E-state index contributed by atoms with van der Waals surface area (Å²) >= 11 is 0. The van der Waals surface area contributed by atoms with Crippen molar-refractivity contribution in [1.29, 1.82) is 0 Å². The molecular weight excluding hydrogens is 248 g/mol. The number of primary amides is 1. The number of carbonyl (C=O) groups is 1. The molecule has 0 bridgehead atoms. The molecule has 1 aliphatic carbocycles. The van der Waals surface area contributed by atoms with Crippen LogP contribution in [-0.2, 0) is 4.79 Å². The molecule has 0 saturated heterocycles. The zero-order valence-corrected chi connectivity index (χ0v) is 10.9. The minimum atomic E-state index is -0.426. The van der Waals surface area contributed by atoms with E-state index in [9.17, 15) is 4.79 Å². The van der Waals surface area contributed by atoms with Crippen LogP contribution >= 0.6 is 0 Å². The quantitative estimate of drug-likeness (QED) is 0.750. The first kappa shape index (κ1) is 13.3. The van der Waals surface area contributed by atoms with Crippen molar-refractivity contribution in [2.45, 2.75) is 31.7 Å². The van der Waals surface area contributed by atoms with Crippen LogP contribution in [0, 0.1) is 0 Å². The summed E-state index contributed by atoms with van der Waals surface area (Å²) in [5.74, 6) is -0.0192. The van der Waals surface area contributed by atoms with E-state index in [2.05, 4.69) is 15.0 Å². The standard InChI is InChI=1S/C11H18N6O2/c1-19-11-15-9(13)14-10(16-11)17(6-8(12)18)7-4-2-3-5-7/h7H,2-6H2,1H3,(H2,12,18)(H2,13,14,15,16). The Balaban J connectivity index is 2.30. The maximum Gasteiger partial charge on any atom is 0.322 e. The summed E-state index contributed by atoms with van der Waals surface area (Å²) < 4.78 is 4.97. The molecule has 1 heterocycles. The number of aromatic nitrogens is 3. The van der Waals surface area contributed by atoms with Crippen LogP contribution in [0.2, 0.25) is 0 Å². The van der Waals surface area contributed by atoms with Gasteiger partial charge in [-0.15, -0.1) is 0 Å². The highest BCUT2D eigenvalue weighted by Crippen LogP contribution is 2.26. The minimum absolute atomic E-state index is 0.0642. The molecule has 0 atom stereocenters. The predicted molar refractivity (Wildman–Crippen MR) is 69.6 cm³/mol. The third-order valence-electron chi connectivity index (χ3n) is 3.15. The number of nitrogen functional groups attached to an aromatic ring is 1. The summed E-state index contributed by atoms with van der Waals surface area (Å²) in [6, 6.07) is 0.342. The zero-order valence-electron chi connectivity index (χ0n) is 10.9. The predicted octanol–water partition coefficient (Wildman–Crippen LogP) is -0.303. The number of hydrogen-bond donors (Lipinski definition) is 2. The summed E-state index contributed by atoms with van der Waals surface area (Å²) in [5, 5.41) is 0. The summed E-state index contributed by atoms with van der Waals surface area (Å²) in [6.45, 7) is 0.0667. The fraction of sp³-hybridized carbons (Fsp3) is 0.636. The molecule has 1 saturated carbocycles. The second-order valence-electron chi connectivity index (χ2n) is 4.51. The van der Waals surface area contributed by atoms with Crippen LogP contribution in [0.25, 0.3) is 0 Å².